The molecule has 0 amide bonds. The molecule has 0 saturated carbocycles. The molecule has 134 valence electrons. The molecule has 0 N–H and O–H groups in total. The largest absolute Gasteiger partial charge is 0.243 e. The van der Waals surface area contributed by atoms with Crippen LogP contribution in [0.5, 0.6) is 0 Å². The molecule has 1 aliphatic rings. The van der Waals surface area contributed by atoms with Crippen LogP contribution < -0.4 is 0 Å². The van der Waals surface area contributed by atoms with Crippen LogP contribution in [0.15, 0.2) is 12.3 Å². The summed E-state index contributed by atoms with van der Waals surface area (Å²) in [4.78, 5) is 34.6. The quantitative estimate of drug-likeness (QED) is 0.398. The van der Waals surface area contributed by atoms with Crippen molar-refractivity contribution in [3.05, 3.63) is 58.3 Å². The topological polar surface area (TPSA) is 176 Å². The number of nitrogens with zero attached hydrogens (tertiary/aromatic N) is 8. The molecule has 25 heavy (non-hydrogen) atoms. The summed E-state index contributed by atoms with van der Waals surface area (Å²) >= 11 is 11.1. The Kier molecular flexibility index (Phi) is 6.84. The fourth-order valence-electron chi connectivity index (χ4n) is 1.52. The van der Waals surface area contributed by atoms with Crippen molar-refractivity contribution in [2.45, 2.75) is 0 Å². The molecule has 0 aliphatic carbocycles. The number of pyridine rings is 1. The van der Waals surface area contributed by atoms with E-state index in [1.165, 1.54) is 12.3 Å². The van der Waals surface area contributed by atoms with Gasteiger partial charge in [0.2, 0.25) is 20.0 Å². The zero-order valence-corrected chi connectivity index (χ0v) is 13.6. The number of rotatable bonds is 3. The second-order valence-corrected chi connectivity index (χ2v) is 4.99. The SMILES string of the molecule is N#Cc1c(Cl)ccnc1Cl.O=[N+]([O-])N1CN([N+](=O)[O-])CN([N+](=O)[O-])C1. The van der Waals surface area contributed by atoms with E-state index in [9.17, 15) is 30.3 Å². The monoisotopic (exact) mass is 394 g/mol. The minimum absolute atomic E-state index is 0.148. The highest BCUT2D eigenvalue weighted by Gasteiger charge is 2.39. The predicted molar refractivity (Wildman–Crippen MR) is 80.1 cm³/mol. The van der Waals surface area contributed by atoms with Crippen molar-refractivity contribution in [3.8, 4) is 6.07 Å². The summed E-state index contributed by atoms with van der Waals surface area (Å²) < 4.78 is 0. The molecule has 0 bridgehead atoms. The van der Waals surface area contributed by atoms with Crippen molar-refractivity contribution < 1.29 is 15.1 Å². The van der Waals surface area contributed by atoms with Gasteiger partial charge in [0.15, 0.2) is 15.1 Å². The molecule has 1 aromatic heterocycles. The Hall–Kier alpha value is -3.18. The summed E-state index contributed by atoms with van der Waals surface area (Å²) in [7, 11) is 0. The van der Waals surface area contributed by atoms with Crippen LogP contribution in [0.3, 0.4) is 0 Å². The Bertz CT molecular complexity index is 653. The van der Waals surface area contributed by atoms with Gasteiger partial charge in [0, 0.05) is 6.20 Å². The maximum Gasteiger partial charge on any atom is 0.212 e. The van der Waals surface area contributed by atoms with Gasteiger partial charge in [-0.2, -0.15) is 5.26 Å². The van der Waals surface area contributed by atoms with E-state index in [4.69, 9.17) is 28.5 Å². The van der Waals surface area contributed by atoms with Gasteiger partial charge in [-0.1, -0.05) is 38.2 Å². The summed E-state index contributed by atoms with van der Waals surface area (Å²) in [5.74, 6) is 0. The van der Waals surface area contributed by atoms with E-state index in [1.807, 2.05) is 6.07 Å². The molecule has 0 radical (unpaired) electrons. The maximum absolute atomic E-state index is 10.3. The van der Waals surface area contributed by atoms with E-state index in [-0.39, 0.29) is 10.7 Å². The fourth-order valence-corrected chi connectivity index (χ4v) is 1.96. The third kappa shape index (κ3) is 5.44. The van der Waals surface area contributed by atoms with Gasteiger partial charge in [0.25, 0.3) is 0 Å². The molecule has 0 spiro atoms. The smallest absolute Gasteiger partial charge is 0.212 e. The van der Waals surface area contributed by atoms with Crippen LogP contribution in [0.4, 0.5) is 0 Å². The van der Waals surface area contributed by atoms with E-state index < -0.39 is 35.1 Å². The van der Waals surface area contributed by atoms with Crippen LogP contribution in [0.1, 0.15) is 5.56 Å². The van der Waals surface area contributed by atoms with Crippen LogP contribution in [-0.2, 0) is 0 Å². The van der Waals surface area contributed by atoms with Crippen molar-refractivity contribution in [1.29, 1.82) is 5.26 Å². The van der Waals surface area contributed by atoms with Crippen LogP contribution >= 0.6 is 23.2 Å². The third-order valence-corrected chi connectivity index (χ3v) is 3.24. The molecule has 0 aromatic carbocycles. The summed E-state index contributed by atoms with van der Waals surface area (Å²) in [5.41, 5.74) is 0.228. The molecule has 0 atom stereocenters. The van der Waals surface area contributed by atoms with Gasteiger partial charge in [-0.05, 0) is 6.07 Å². The molecule has 1 aliphatic heterocycles. The molecular weight excluding hydrogens is 387 g/mol. The average molecular weight is 395 g/mol. The molecular formula is C9H8Cl2N8O6. The van der Waals surface area contributed by atoms with E-state index in [0.29, 0.717) is 20.0 Å². The van der Waals surface area contributed by atoms with Gasteiger partial charge >= 0.3 is 0 Å². The number of hydrogen-bond donors (Lipinski definition) is 0. The first-order chi connectivity index (χ1) is 11.7. The van der Waals surface area contributed by atoms with Gasteiger partial charge in [-0.15, -0.1) is 0 Å². The molecule has 2 heterocycles. The second-order valence-electron chi connectivity index (χ2n) is 4.23. The highest BCUT2D eigenvalue weighted by atomic mass is 35.5. The summed E-state index contributed by atoms with van der Waals surface area (Å²) in [5, 5.41) is 38.2. The first kappa shape index (κ1) is 19.9. The van der Waals surface area contributed by atoms with Crippen molar-refractivity contribution in [2.75, 3.05) is 20.0 Å². The number of hydrogen-bond acceptors (Lipinski definition) is 8. The maximum atomic E-state index is 10.3. The molecule has 1 saturated heterocycles. The van der Waals surface area contributed by atoms with Crippen LogP contribution in [0, 0.1) is 41.7 Å². The highest BCUT2D eigenvalue weighted by Crippen LogP contribution is 2.19. The Morgan fingerprint density at radius 2 is 1.40 bits per heavy atom. The third-order valence-electron chi connectivity index (χ3n) is 2.64. The van der Waals surface area contributed by atoms with Gasteiger partial charge in [0.05, 0.1) is 5.02 Å². The number of nitriles is 1. The first-order valence-electron chi connectivity index (χ1n) is 6.05. The summed E-state index contributed by atoms with van der Waals surface area (Å²) in [6.07, 6.45) is 1.45. The van der Waals surface area contributed by atoms with Crippen molar-refractivity contribution >= 4 is 23.2 Å². The molecule has 14 nitrogen and oxygen atoms in total. The molecule has 0 unspecified atom stereocenters. The average Bonchev–Trinajstić information content (AvgIpc) is 2.55. The van der Waals surface area contributed by atoms with E-state index >= 15 is 0 Å². The van der Waals surface area contributed by atoms with Crippen molar-refractivity contribution in [1.82, 2.24) is 20.0 Å². The van der Waals surface area contributed by atoms with Gasteiger partial charge in [-0.25, -0.2) is 35.3 Å². The van der Waals surface area contributed by atoms with Crippen molar-refractivity contribution in [3.63, 3.8) is 0 Å². The van der Waals surface area contributed by atoms with Gasteiger partial charge in [0.1, 0.15) is 16.8 Å². The lowest BCUT2D eigenvalue weighted by Crippen LogP contribution is -2.59. The lowest BCUT2D eigenvalue weighted by Gasteiger charge is -2.27. The number of nitro groups is 3. The normalized spacial score (nSPS) is 13.4. The van der Waals surface area contributed by atoms with Crippen molar-refractivity contribution in [2.24, 2.45) is 0 Å². The lowest BCUT2D eigenvalue weighted by atomic mass is 10.3. The number of halogens is 2. The summed E-state index contributed by atoms with van der Waals surface area (Å²) in [6.45, 7) is -1.78. The zero-order valence-electron chi connectivity index (χ0n) is 12.1. The molecule has 16 heteroatoms. The van der Waals surface area contributed by atoms with E-state index in [2.05, 4.69) is 4.98 Å². The van der Waals surface area contributed by atoms with Gasteiger partial charge < -0.3 is 0 Å². The van der Waals surface area contributed by atoms with Crippen LogP contribution in [0.2, 0.25) is 10.2 Å². The fraction of sp³-hybridized carbons (Fsp3) is 0.333. The minimum Gasteiger partial charge on any atom is -0.243 e. The number of hydrazine groups is 3. The summed E-state index contributed by atoms with van der Waals surface area (Å²) in [6, 6.07) is 3.36. The van der Waals surface area contributed by atoms with E-state index in [1.54, 1.807) is 0 Å². The van der Waals surface area contributed by atoms with Crippen LogP contribution in [0.25, 0.3) is 0 Å². The molecule has 1 fully saturated rings. The Morgan fingerprint density at radius 3 is 1.64 bits per heavy atom. The lowest BCUT2D eigenvalue weighted by molar-refractivity contribution is -0.775. The predicted octanol–water partition coefficient (Wildman–Crippen LogP) is 0.614. The number of aromatic nitrogens is 1. The Morgan fingerprint density at radius 1 is 1.00 bits per heavy atom. The highest BCUT2D eigenvalue weighted by molar-refractivity contribution is 6.35. The van der Waals surface area contributed by atoms with Gasteiger partial charge in [-0.3, -0.25) is 0 Å². The first-order valence-corrected chi connectivity index (χ1v) is 6.80. The minimum atomic E-state index is -0.924. The Balaban J connectivity index is 0.000000271. The molecule has 1 aromatic rings. The zero-order chi connectivity index (χ0) is 19.1. The molecule has 2 rings (SSSR count). The second kappa shape index (κ2) is 8.61. The Labute approximate surface area is 148 Å². The standard InChI is InChI=1S/C6H2Cl2N2.C3H6N6O6/c7-5-1-2-10-6(8)4(5)3-9;10-7(11)4-1-5(8(12)13)3-6(2-4)9(14)15/h1-2H;1-3H2. The van der Waals surface area contributed by atoms with Crippen LogP contribution in [-0.4, -0.2) is 55.1 Å². The van der Waals surface area contributed by atoms with E-state index in [0.717, 1.165) is 0 Å².